The van der Waals surface area contributed by atoms with Gasteiger partial charge in [0.05, 0.1) is 0 Å². The van der Waals surface area contributed by atoms with Crippen LogP contribution in [0.5, 0.6) is 17.2 Å². The van der Waals surface area contributed by atoms with E-state index in [1.807, 2.05) is 19.1 Å². The van der Waals surface area contributed by atoms with Crippen LogP contribution in [0.1, 0.15) is 24.2 Å². The first-order chi connectivity index (χ1) is 10.3. The highest BCUT2D eigenvalue weighted by molar-refractivity contribution is 5.52. The van der Waals surface area contributed by atoms with Crippen molar-refractivity contribution in [2.75, 3.05) is 13.3 Å². The zero-order valence-corrected chi connectivity index (χ0v) is 11.8. The SMILES string of the molecule is CCc1noc(COc2cc3c(cc2CCN)OCO3)n1. The van der Waals surface area contributed by atoms with E-state index in [1.54, 1.807) is 0 Å². The molecule has 1 aromatic heterocycles. The molecule has 0 spiro atoms. The molecule has 7 heteroatoms. The number of hydrogen-bond acceptors (Lipinski definition) is 7. The summed E-state index contributed by atoms with van der Waals surface area (Å²) in [6.07, 6.45) is 1.42. The van der Waals surface area contributed by atoms with Crippen molar-refractivity contribution in [2.45, 2.75) is 26.4 Å². The number of benzene rings is 1. The molecule has 1 aromatic carbocycles. The Balaban J connectivity index is 1.77. The van der Waals surface area contributed by atoms with Gasteiger partial charge in [0.15, 0.2) is 23.9 Å². The molecule has 2 aromatic rings. The van der Waals surface area contributed by atoms with Gasteiger partial charge in [0.25, 0.3) is 5.89 Å². The van der Waals surface area contributed by atoms with Crippen molar-refractivity contribution in [3.05, 3.63) is 29.4 Å². The second-order valence-electron chi connectivity index (χ2n) is 4.60. The maximum absolute atomic E-state index is 5.77. The molecule has 21 heavy (non-hydrogen) atoms. The highest BCUT2D eigenvalue weighted by Crippen LogP contribution is 2.38. The Kier molecular flexibility index (Phi) is 3.92. The number of hydrogen-bond donors (Lipinski definition) is 1. The fraction of sp³-hybridized carbons (Fsp3) is 0.429. The highest BCUT2D eigenvalue weighted by atomic mass is 16.7. The van der Waals surface area contributed by atoms with Crippen LogP contribution in [0.4, 0.5) is 0 Å². The van der Waals surface area contributed by atoms with E-state index in [-0.39, 0.29) is 13.4 Å². The molecular weight excluding hydrogens is 274 g/mol. The lowest BCUT2D eigenvalue weighted by Crippen LogP contribution is -2.06. The van der Waals surface area contributed by atoms with Crippen LogP contribution in [0.3, 0.4) is 0 Å². The molecule has 0 unspecified atom stereocenters. The molecule has 0 saturated carbocycles. The van der Waals surface area contributed by atoms with Gasteiger partial charge < -0.3 is 24.5 Å². The average Bonchev–Trinajstić information content (AvgIpc) is 3.13. The van der Waals surface area contributed by atoms with Crippen LogP contribution in [0.15, 0.2) is 16.7 Å². The number of nitrogens with zero attached hydrogens (tertiary/aromatic N) is 2. The normalized spacial score (nSPS) is 12.7. The quantitative estimate of drug-likeness (QED) is 0.860. The van der Waals surface area contributed by atoms with Gasteiger partial charge in [-0.1, -0.05) is 12.1 Å². The van der Waals surface area contributed by atoms with E-state index < -0.39 is 0 Å². The van der Waals surface area contributed by atoms with Crippen molar-refractivity contribution < 1.29 is 18.7 Å². The fourth-order valence-corrected chi connectivity index (χ4v) is 2.08. The van der Waals surface area contributed by atoms with Gasteiger partial charge in [-0.3, -0.25) is 0 Å². The Bertz CT molecular complexity index is 627. The summed E-state index contributed by atoms with van der Waals surface area (Å²) in [7, 11) is 0. The Hall–Kier alpha value is -2.28. The van der Waals surface area contributed by atoms with Crippen molar-refractivity contribution in [3.63, 3.8) is 0 Å². The number of fused-ring (bicyclic) bond motifs is 1. The van der Waals surface area contributed by atoms with Crippen molar-refractivity contribution in [1.82, 2.24) is 10.1 Å². The molecule has 7 nitrogen and oxygen atoms in total. The molecule has 2 N–H and O–H groups in total. The van der Waals surface area contributed by atoms with Crippen molar-refractivity contribution in [1.29, 1.82) is 0 Å². The second-order valence-corrected chi connectivity index (χ2v) is 4.60. The molecule has 0 fully saturated rings. The van der Waals surface area contributed by atoms with Crippen molar-refractivity contribution in [2.24, 2.45) is 5.73 Å². The maximum atomic E-state index is 5.77. The van der Waals surface area contributed by atoms with E-state index >= 15 is 0 Å². The monoisotopic (exact) mass is 291 g/mol. The minimum atomic E-state index is 0.213. The number of aryl methyl sites for hydroxylation is 1. The molecular formula is C14H17N3O4. The van der Waals surface area contributed by atoms with Crippen LogP contribution >= 0.6 is 0 Å². The predicted molar refractivity (Wildman–Crippen MR) is 73.3 cm³/mol. The van der Waals surface area contributed by atoms with Crippen LogP contribution < -0.4 is 19.9 Å². The lowest BCUT2D eigenvalue weighted by Gasteiger charge is -2.10. The second kappa shape index (κ2) is 6.01. The zero-order valence-electron chi connectivity index (χ0n) is 11.8. The van der Waals surface area contributed by atoms with Gasteiger partial charge in [-0.15, -0.1) is 0 Å². The third kappa shape index (κ3) is 2.92. The van der Waals surface area contributed by atoms with Gasteiger partial charge in [-0.25, -0.2) is 0 Å². The predicted octanol–water partition coefficient (Wildman–Crippen LogP) is 1.44. The van der Waals surface area contributed by atoms with Crippen molar-refractivity contribution in [3.8, 4) is 17.2 Å². The highest BCUT2D eigenvalue weighted by Gasteiger charge is 2.18. The summed E-state index contributed by atoms with van der Waals surface area (Å²) in [6, 6.07) is 3.71. The average molecular weight is 291 g/mol. The van der Waals surface area contributed by atoms with Gasteiger partial charge in [0.2, 0.25) is 6.79 Å². The number of rotatable bonds is 6. The largest absolute Gasteiger partial charge is 0.483 e. The van der Waals surface area contributed by atoms with E-state index in [0.717, 1.165) is 17.7 Å². The molecule has 0 bridgehead atoms. The van der Waals surface area contributed by atoms with Gasteiger partial charge in [-0.2, -0.15) is 4.98 Å². The van der Waals surface area contributed by atoms with Gasteiger partial charge in [-0.05, 0) is 24.6 Å². The summed E-state index contributed by atoms with van der Waals surface area (Å²) in [5.41, 5.74) is 6.60. The van der Waals surface area contributed by atoms with Gasteiger partial charge in [0, 0.05) is 12.5 Å². The summed E-state index contributed by atoms with van der Waals surface area (Å²) in [6.45, 7) is 2.93. The van der Waals surface area contributed by atoms with Crippen LogP contribution in [0.25, 0.3) is 0 Å². The van der Waals surface area contributed by atoms with Crippen LogP contribution in [-0.2, 0) is 19.4 Å². The summed E-state index contributed by atoms with van der Waals surface area (Å²) >= 11 is 0. The van der Waals surface area contributed by atoms with E-state index in [1.165, 1.54) is 0 Å². The molecule has 112 valence electrons. The first-order valence-corrected chi connectivity index (χ1v) is 6.87. The van der Waals surface area contributed by atoms with Crippen LogP contribution in [-0.4, -0.2) is 23.5 Å². The third-order valence-corrected chi connectivity index (χ3v) is 3.15. The Morgan fingerprint density at radius 2 is 2.10 bits per heavy atom. The number of nitrogens with two attached hydrogens (primary N) is 1. The Morgan fingerprint density at radius 3 is 2.81 bits per heavy atom. The lowest BCUT2D eigenvalue weighted by molar-refractivity contribution is 0.173. The summed E-state index contributed by atoms with van der Waals surface area (Å²) in [4.78, 5) is 4.21. The molecule has 0 atom stereocenters. The molecule has 1 aliphatic heterocycles. The molecule has 0 aliphatic carbocycles. The Morgan fingerprint density at radius 1 is 1.29 bits per heavy atom. The summed E-state index contributed by atoms with van der Waals surface area (Å²) < 4.78 is 21.6. The first-order valence-electron chi connectivity index (χ1n) is 6.87. The molecule has 1 aliphatic rings. The number of aromatic nitrogens is 2. The minimum absolute atomic E-state index is 0.213. The molecule has 0 saturated heterocycles. The molecule has 0 radical (unpaired) electrons. The van der Waals surface area contributed by atoms with E-state index in [4.69, 9.17) is 24.5 Å². The van der Waals surface area contributed by atoms with Crippen LogP contribution in [0.2, 0.25) is 0 Å². The third-order valence-electron chi connectivity index (χ3n) is 3.15. The minimum Gasteiger partial charge on any atom is -0.483 e. The summed E-state index contributed by atoms with van der Waals surface area (Å²) in [5, 5.41) is 3.83. The standard InChI is InChI=1S/C14H17N3O4/c1-2-13-16-14(21-17-13)7-18-10-6-12-11(19-8-20-12)5-9(10)3-4-15/h5-6H,2-4,7-8,15H2,1H3. The van der Waals surface area contributed by atoms with Gasteiger partial charge >= 0.3 is 0 Å². The van der Waals surface area contributed by atoms with E-state index in [9.17, 15) is 0 Å². The topological polar surface area (TPSA) is 92.6 Å². The molecule has 3 rings (SSSR count). The zero-order chi connectivity index (χ0) is 14.7. The van der Waals surface area contributed by atoms with E-state index in [2.05, 4.69) is 10.1 Å². The number of ether oxygens (including phenoxy) is 3. The fourth-order valence-electron chi connectivity index (χ4n) is 2.08. The molecule has 2 heterocycles. The van der Waals surface area contributed by atoms with Crippen molar-refractivity contribution >= 4 is 0 Å². The van der Waals surface area contributed by atoms with E-state index in [0.29, 0.717) is 36.2 Å². The maximum Gasteiger partial charge on any atom is 0.264 e. The Labute approximate surface area is 122 Å². The lowest BCUT2D eigenvalue weighted by atomic mass is 10.1. The van der Waals surface area contributed by atoms with Crippen LogP contribution in [0, 0.1) is 0 Å². The smallest absolute Gasteiger partial charge is 0.264 e. The molecule has 0 amide bonds. The first kappa shape index (κ1) is 13.7. The summed E-state index contributed by atoms with van der Waals surface area (Å²) in [5.74, 6) is 3.20. The van der Waals surface area contributed by atoms with Gasteiger partial charge in [0.1, 0.15) is 5.75 Å².